The van der Waals surface area contributed by atoms with Crippen molar-refractivity contribution in [3.63, 3.8) is 0 Å². The van der Waals surface area contributed by atoms with Crippen LogP contribution in [0.3, 0.4) is 0 Å². The van der Waals surface area contributed by atoms with Crippen molar-refractivity contribution < 1.29 is 0 Å². The predicted octanol–water partition coefficient (Wildman–Crippen LogP) is 7.32. The summed E-state index contributed by atoms with van der Waals surface area (Å²) in [5.74, 6) is 0. The fourth-order valence-corrected chi connectivity index (χ4v) is 5.87. The van der Waals surface area contributed by atoms with Crippen molar-refractivity contribution in [2.24, 2.45) is 0 Å². The molecule has 0 heterocycles. The van der Waals surface area contributed by atoms with E-state index in [-0.39, 0.29) is 10.8 Å². The van der Waals surface area contributed by atoms with Gasteiger partial charge in [-0.3, -0.25) is 0 Å². The zero-order valence-electron chi connectivity index (χ0n) is 17.8. The minimum atomic E-state index is -0.142. The largest absolute Gasteiger partial charge is 0.192 e. The van der Waals surface area contributed by atoms with Gasteiger partial charge in [0.05, 0.1) is 11.6 Å². The highest BCUT2D eigenvalue weighted by Gasteiger charge is 2.42. The highest BCUT2D eigenvalue weighted by atomic mass is 14.4. The van der Waals surface area contributed by atoms with Crippen LogP contribution >= 0.6 is 0 Å². The molecule has 2 aliphatic carbocycles. The van der Waals surface area contributed by atoms with E-state index in [0.29, 0.717) is 0 Å². The lowest BCUT2D eigenvalue weighted by molar-refractivity contribution is 0.652. The van der Waals surface area contributed by atoms with Crippen LogP contribution in [0, 0.1) is 11.3 Å². The fraction of sp³-hybridized carbons (Fsp3) is 0.207. The Morgan fingerprint density at radius 1 is 0.600 bits per heavy atom. The number of rotatable bonds is 0. The van der Waals surface area contributed by atoms with E-state index in [4.69, 9.17) is 0 Å². The molecule has 4 aromatic carbocycles. The minimum Gasteiger partial charge on any atom is -0.192 e. The average Bonchev–Trinajstić information content (AvgIpc) is 3.12. The van der Waals surface area contributed by atoms with E-state index in [9.17, 15) is 5.26 Å². The summed E-state index contributed by atoms with van der Waals surface area (Å²) in [5.41, 5.74) is 11.4. The lowest BCUT2D eigenvalue weighted by atomic mass is 9.79. The van der Waals surface area contributed by atoms with Crippen LogP contribution in [0.4, 0.5) is 0 Å². The van der Waals surface area contributed by atoms with Gasteiger partial charge in [0.1, 0.15) is 0 Å². The summed E-state index contributed by atoms with van der Waals surface area (Å²) in [4.78, 5) is 0. The van der Waals surface area contributed by atoms with E-state index >= 15 is 0 Å². The molecular formula is C29H23N. The molecule has 4 aromatic rings. The SMILES string of the molecule is CC1(C)c2ccccc2-c2cc3c(cc21)-c1c(cc(C#N)c2ccccc12)C3(C)C. The molecule has 30 heavy (non-hydrogen) atoms. The maximum atomic E-state index is 9.82. The molecule has 144 valence electrons. The standard InChI is InChI=1S/C29H23N/c1-28(2)23-12-8-7-10-19(23)21-14-25-22(15-24(21)28)27-20-11-6-5-9-18(20)17(16-30)13-26(27)29(25,3)4/h5-15H,1-4H3. The van der Waals surface area contributed by atoms with Crippen LogP contribution in [0.5, 0.6) is 0 Å². The Kier molecular flexibility index (Phi) is 3.15. The number of hydrogen-bond donors (Lipinski definition) is 0. The molecule has 0 fully saturated rings. The molecule has 0 atom stereocenters. The van der Waals surface area contributed by atoms with Crippen molar-refractivity contribution >= 4 is 10.8 Å². The molecule has 0 bridgehead atoms. The Balaban J connectivity index is 1.75. The van der Waals surface area contributed by atoms with Crippen LogP contribution in [0.1, 0.15) is 55.5 Å². The molecule has 0 aliphatic heterocycles. The van der Waals surface area contributed by atoms with E-state index in [1.807, 2.05) is 6.07 Å². The van der Waals surface area contributed by atoms with Crippen molar-refractivity contribution in [1.82, 2.24) is 0 Å². The average molecular weight is 386 g/mol. The summed E-state index contributed by atoms with van der Waals surface area (Å²) < 4.78 is 0. The van der Waals surface area contributed by atoms with Gasteiger partial charge in [0.15, 0.2) is 0 Å². The summed E-state index contributed by atoms with van der Waals surface area (Å²) in [7, 11) is 0. The minimum absolute atomic E-state index is 0.0176. The Bertz CT molecular complexity index is 1440. The summed E-state index contributed by atoms with van der Waals surface area (Å²) >= 11 is 0. The van der Waals surface area contributed by atoms with E-state index < -0.39 is 0 Å². The van der Waals surface area contributed by atoms with Crippen LogP contribution in [-0.4, -0.2) is 0 Å². The Morgan fingerprint density at radius 3 is 1.97 bits per heavy atom. The van der Waals surface area contributed by atoms with Gasteiger partial charge in [0.25, 0.3) is 0 Å². The number of benzene rings is 4. The van der Waals surface area contributed by atoms with E-state index in [1.165, 1.54) is 49.9 Å². The molecule has 0 saturated carbocycles. The van der Waals surface area contributed by atoms with Crippen LogP contribution < -0.4 is 0 Å². The first kappa shape index (κ1) is 17.5. The van der Waals surface area contributed by atoms with Crippen molar-refractivity contribution in [2.45, 2.75) is 38.5 Å². The number of nitrogens with zero attached hydrogens (tertiary/aromatic N) is 1. The molecule has 0 amide bonds. The molecule has 0 radical (unpaired) electrons. The quantitative estimate of drug-likeness (QED) is 0.311. The number of nitriles is 1. The topological polar surface area (TPSA) is 23.8 Å². The van der Waals surface area contributed by atoms with Crippen molar-refractivity contribution in [2.75, 3.05) is 0 Å². The highest BCUT2D eigenvalue weighted by molar-refractivity contribution is 6.05. The first-order chi connectivity index (χ1) is 14.4. The lowest BCUT2D eigenvalue weighted by Crippen LogP contribution is -2.17. The van der Waals surface area contributed by atoms with Gasteiger partial charge < -0.3 is 0 Å². The summed E-state index contributed by atoms with van der Waals surface area (Å²) in [5, 5.41) is 12.1. The first-order valence-corrected chi connectivity index (χ1v) is 10.6. The van der Waals surface area contributed by atoms with Gasteiger partial charge in [0.2, 0.25) is 0 Å². The van der Waals surface area contributed by atoms with Crippen molar-refractivity contribution in [1.29, 1.82) is 5.26 Å². The summed E-state index contributed by atoms with van der Waals surface area (Å²) in [6, 6.07) is 26.6. The Morgan fingerprint density at radius 2 is 1.20 bits per heavy atom. The maximum absolute atomic E-state index is 9.82. The number of hydrogen-bond acceptors (Lipinski definition) is 1. The fourth-order valence-electron chi connectivity index (χ4n) is 5.87. The first-order valence-electron chi connectivity index (χ1n) is 10.6. The van der Waals surface area contributed by atoms with Gasteiger partial charge in [-0.2, -0.15) is 5.26 Å². The monoisotopic (exact) mass is 385 g/mol. The molecule has 1 nitrogen and oxygen atoms in total. The normalized spacial score (nSPS) is 16.5. The second kappa shape index (κ2) is 5.41. The zero-order chi connectivity index (χ0) is 20.8. The van der Waals surface area contributed by atoms with Crippen LogP contribution in [0.15, 0.2) is 66.7 Å². The Hall–Kier alpha value is -3.37. The van der Waals surface area contributed by atoms with Crippen LogP contribution in [-0.2, 0) is 10.8 Å². The molecule has 1 heteroatoms. The summed E-state index contributed by atoms with van der Waals surface area (Å²) in [6.07, 6.45) is 0. The second-order valence-corrected chi connectivity index (χ2v) is 9.74. The second-order valence-electron chi connectivity index (χ2n) is 9.74. The summed E-state index contributed by atoms with van der Waals surface area (Å²) in [6.45, 7) is 9.27. The smallest absolute Gasteiger partial charge is 0.0998 e. The van der Waals surface area contributed by atoms with Crippen molar-refractivity contribution in [3.05, 3.63) is 94.5 Å². The molecule has 0 saturated heterocycles. The third kappa shape index (κ3) is 1.92. The van der Waals surface area contributed by atoms with Crippen LogP contribution in [0.25, 0.3) is 33.0 Å². The van der Waals surface area contributed by atoms with Gasteiger partial charge in [-0.25, -0.2) is 0 Å². The van der Waals surface area contributed by atoms with E-state index in [1.54, 1.807) is 0 Å². The maximum Gasteiger partial charge on any atom is 0.0998 e. The molecule has 0 unspecified atom stereocenters. The van der Waals surface area contributed by atoms with Gasteiger partial charge in [0, 0.05) is 16.2 Å². The molecule has 0 aromatic heterocycles. The van der Waals surface area contributed by atoms with Crippen molar-refractivity contribution in [3.8, 4) is 28.3 Å². The van der Waals surface area contributed by atoms with E-state index in [2.05, 4.69) is 94.4 Å². The third-order valence-electron chi connectivity index (χ3n) is 7.50. The van der Waals surface area contributed by atoms with Gasteiger partial charge in [-0.15, -0.1) is 0 Å². The molecule has 2 aliphatic rings. The molecule has 0 spiro atoms. The molecule has 0 N–H and O–H groups in total. The van der Waals surface area contributed by atoms with Crippen LogP contribution in [0.2, 0.25) is 0 Å². The zero-order valence-corrected chi connectivity index (χ0v) is 17.8. The van der Waals surface area contributed by atoms with E-state index in [0.717, 1.165) is 10.9 Å². The van der Waals surface area contributed by atoms with Gasteiger partial charge in [-0.1, -0.05) is 76.2 Å². The predicted molar refractivity (Wildman–Crippen MR) is 124 cm³/mol. The van der Waals surface area contributed by atoms with Gasteiger partial charge in [-0.05, 0) is 68.1 Å². The molecular weight excluding hydrogens is 362 g/mol. The highest BCUT2D eigenvalue weighted by Crippen LogP contribution is 2.57. The third-order valence-corrected chi connectivity index (χ3v) is 7.50. The lowest BCUT2D eigenvalue weighted by Gasteiger charge is -2.24. The Labute approximate surface area is 177 Å². The number of fused-ring (bicyclic) bond motifs is 8. The molecule has 6 rings (SSSR count). The van der Waals surface area contributed by atoms with Gasteiger partial charge >= 0.3 is 0 Å².